The van der Waals surface area contributed by atoms with Gasteiger partial charge in [-0.1, -0.05) is 18.2 Å². The molecule has 1 aromatic heterocycles. The molecule has 0 saturated heterocycles. The minimum atomic E-state index is -1.10. The maximum atomic E-state index is 10.5. The second-order valence-electron chi connectivity index (χ2n) is 3.34. The predicted molar refractivity (Wildman–Crippen MR) is 53.6 cm³/mol. The Labute approximate surface area is 86.4 Å². The van der Waals surface area contributed by atoms with Gasteiger partial charge in [-0.3, -0.25) is 5.73 Å². The van der Waals surface area contributed by atoms with Crippen molar-refractivity contribution in [2.45, 2.75) is 6.42 Å². The van der Waals surface area contributed by atoms with Gasteiger partial charge in [0.25, 0.3) is 5.82 Å². The third kappa shape index (κ3) is 1.88. The summed E-state index contributed by atoms with van der Waals surface area (Å²) in [5, 5.41) is 11.5. The molecule has 2 aromatic rings. The first-order valence-corrected chi connectivity index (χ1v) is 4.56. The van der Waals surface area contributed by atoms with E-state index in [4.69, 9.17) is 5.73 Å². The monoisotopic (exact) mass is 202 g/mol. The largest absolute Gasteiger partial charge is 0.550 e. The molecule has 0 saturated carbocycles. The molecule has 0 amide bonds. The van der Waals surface area contributed by atoms with E-state index in [1.165, 1.54) is 0 Å². The molecule has 0 radical (unpaired) electrons. The zero-order valence-corrected chi connectivity index (χ0v) is 7.99. The van der Waals surface area contributed by atoms with Gasteiger partial charge in [0.05, 0.1) is 0 Å². The number of hydrogen-bond donors (Lipinski definition) is 1. The molecule has 0 fully saturated rings. The molecular formula is C11H10N2O2. The molecule has 1 aromatic carbocycles. The average molecular weight is 202 g/mol. The van der Waals surface area contributed by atoms with Crippen molar-refractivity contribution in [3.05, 3.63) is 35.9 Å². The number of carboxylic acids is 1. The number of pyridine rings is 1. The Morgan fingerprint density at radius 3 is 2.87 bits per heavy atom. The minimum Gasteiger partial charge on any atom is -0.550 e. The lowest BCUT2D eigenvalue weighted by atomic mass is 10.1. The molecule has 0 aliphatic heterocycles. The highest BCUT2D eigenvalue weighted by Crippen LogP contribution is 2.15. The number of nitrogens with one attached hydrogen (secondary N) is 1. The van der Waals surface area contributed by atoms with E-state index < -0.39 is 5.97 Å². The SMILES string of the molecule is Nc1ccc2cccc(CC(=O)[O-])c2[nH+]1. The van der Waals surface area contributed by atoms with Crippen LogP contribution >= 0.6 is 0 Å². The fraction of sp³-hybridized carbons (Fsp3) is 0.0909. The van der Waals surface area contributed by atoms with Gasteiger partial charge < -0.3 is 9.90 Å². The number of rotatable bonds is 2. The summed E-state index contributed by atoms with van der Waals surface area (Å²) < 4.78 is 0. The van der Waals surface area contributed by atoms with E-state index in [1.807, 2.05) is 18.2 Å². The van der Waals surface area contributed by atoms with Gasteiger partial charge >= 0.3 is 0 Å². The van der Waals surface area contributed by atoms with E-state index in [9.17, 15) is 9.90 Å². The van der Waals surface area contributed by atoms with Gasteiger partial charge in [-0.15, -0.1) is 0 Å². The molecule has 0 atom stereocenters. The van der Waals surface area contributed by atoms with Crippen LogP contribution in [0.15, 0.2) is 30.3 Å². The van der Waals surface area contributed by atoms with Crippen molar-refractivity contribution in [3.8, 4) is 0 Å². The summed E-state index contributed by atoms with van der Waals surface area (Å²) in [5.41, 5.74) is 7.04. The van der Waals surface area contributed by atoms with Gasteiger partial charge in [0.15, 0.2) is 0 Å². The summed E-state index contributed by atoms with van der Waals surface area (Å²) >= 11 is 0. The number of anilines is 1. The smallest absolute Gasteiger partial charge is 0.270 e. The van der Waals surface area contributed by atoms with Gasteiger partial charge in [-0.2, -0.15) is 0 Å². The van der Waals surface area contributed by atoms with Crippen LogP contribution in [0.5, 0.6) is 0 Å². The van der Waals surface area contributed by atoms with Crippen molar-refractivity contribution in [1.82, 2.24) is 0 Å². The van der Waals surface area contributed by atoms with Gasteiger partial charge in [-0.25, -0.2) is 4.98 Å². The Morgan fingerprint density at radius 1 is 1.33 bits per heavy atom. The topological polar surface area (TPSA) is 80.3 Å². The summed E-state index contributed by atoms with van der Waals surface area (Å²) in [6, 6.07) is 9.04. The second-order valence-corrected chi connectivity index (χ2v) is 3.34. The third-order valence-electron chi connectivity index (χ3n) is 2.23. The highest BCUT2D eigenvalue weighted by molar-refractivity contribution is 5.83. The molecule has 15 heavy (non-hydrogen) atoms. The highest BCUT2D eigenvalue weighted by Gasteiger charge is 2.05. The first-order valence-electron chi connectivity index (χ1n) is 4.56. The van der Waals surface area contributed by atoms with Crippen LogP contribution in [0.3, 0.4) is 0 Å². The number of carbonyl (C=O) groups excluding carboxylic acids is 1. The van der Waals surface area contributed by atoms with Crippen LogP contribution in [0.2, 0.25) is 0 Å². The molecule has 4 heteroatoms. The number of nitrogens with two attached hydrogens (primary N) is 1. The van der Waals surface area contributed by atoms with Crippen LogP contribution in [-0.4, -0.2) is 5.97 Å². The molecule has 76 valence electrons. The Bertz CT molecular complexity index is 523. The third-order valence-corrected chi connectivity index (χ3v) is 2.23. The molecule has 0 aliphatic carbocycles. The lowest BCUT2D eigenvalue weighted by Gasteiger charge is -2.04. The van der Waals surface area contributed by atoms with Crippen molar-refractivity contribution >= 4 is 22.7 Å². The van der Waals surface area contributed by atoms with E-state index in [0.29, 0.717) is 11.4 Å². The molecular weight excluding hydrogens is 192 g/mol. The molecule has 2 rings (SSSR count). The quantitative estimate of drug-likeness (QED) is 0.714. The number of aliphatic carboxylic acids is 1. The number of para-hydroxylation sites is 1. The molecule has 3 N–H and O–H groups in total. The molecule has 0 unspecified atom stereocenters. The number of fused-ring (bicyclic) bond motifs is 1. The number of hydrogen-bond acceptors (Lipinski definition) is 3. The summed E-state index contributed by atoms with van der Waals surface area (Å²) in [6.45, 7) is 0. The van der Waals surface area contributed by atoms with E-state index in [2.05, 4.69) is 4.98 Å². The van der Waals surface area contributed by atoms with Crippen LogP contribution in [0.25, 0.3) is 10.9 Å². The van der Waals surface area contributed by atoms with Crippen molar-refractivity contribution < 1.29 is 14.9 Å². The molecule has 0 aliphatic rings. The molecule has 1 heterocycles. The summed E-state index contributed by atoms with van der Waals surface area (Å²) in [5.74, 6) is -0.591. The maximum Gasteiger partial charge on any atom is 0.270 e. The number of H-pyrrole nitrogens is 1. The van der Waals surface area contributed by atoms with Crippen LogP contribution < -0.4 is 15.8 Å². The highest BCUT2D eigenvalue weighted by atomic mass is 16.4. The minimum absolute atomic E-state index is 0.114. The first kappa shape index (κ1) is 9.45. The Kier molecular flexibility index (Phi) is 2.25. The Hall–Kier alpha value is -2.10. The first-order chi connectivity index (χ1) is 7.16. The maximum absolute atomic E-state index is 10.5. The van der Waals surface area contributed by atoms with Gasteiger partial charge in [-0.05, 0) is 6.07 Å². The number of carbonyl (C=O) groups is 1. The van der Waals surface area contributed by atoms with Gasteiger partial charge in [0, 0.05) is 29.4 Å². The van der Waals surface area contributed by atoms with E-state index >= 15 is 0 Å². The zero-order chi connectivity index (χ0) is 10.8. The number of aromatic amines is 1. The van der Waals surface area contributed by atoms with Crippen LogP contribution in [0.4, 0.5) is 5.82 Å². The molecule has 0 bridgehead atoms. The number of aromatic nitrogens is 1. The Balaban J connectivity index is 2.63. The number of nitrogen functional groups attached to an aromatic ring is 1. The summed E-state index contributed by atoms with van der Waals surface area (Å²) in [6.07, 6.45) is -0.114. The van der Waals surface area contributed by atoms with E-state index in [1.54, 1.807) is 12.1 Å². The summed E-state index contributed by atoms with van der Waals surface area (Å²) in [7, 11) is 0. The summed E-state index contributed by atoms with van der Waals surface area (Å²) in [4.78, 5) is 13.5. The average Bonchev–Trinajstić information content (AvgIpc) is 2.18. The lowest BCUT2D eigenvalue weighted by molar-refractivity contribution is -0.327. The number of carboxylic acid groups (broad SMARTS) is 1. The van der Waals surface area contributed by atoms with Gasteiger partial charge in [0.2, 0.25) is 0 Å². The fourth-order valence-electron chi connectivity index (χ4n) is 1.58. The Morgan fingerprint density at radius 2 is 2.13 bits per heavy atom. The lowest BCUT2D eigenvalue weighted by Crippen LogP contribution is -2.25. The predicted octanol–water partition coefficient (Wildman–Crippen LogP) is -0.471. The van der Waals surface area contributed by atoms with Crippen LogP contribution in [0.1, 0.15) is 5.56 Å². The van der Waals surface area contributed by atoms with E-state index in [-0.39, 0.29) is 6.42 Å². The van der Waals surface area contributed by atoms with Crippen molar-refractivity contribution in [2.75, 3.05) is 5.73 Å². The van der Waals surface area contributed by atoms with Crippen LogP contribution in [-0.2, 0) is 11.2 Å². The normalized spacial score (nSPS) is 10.4. The van der Waals surface area contributed by atoms with Crippen molar-refractivity contribution in [2.24, 2.45) is 0 Å². The van der Waals surface area contributed by atoms with Crippen LogP contribution in [0, 0.1) is 0 Å². The van der Waals surface area contributed by atoms with Crippen molar-refractivity contribution in [1.29, 1.82) is 0 Å². The number of benzene rings is 1. The van der Waals surface area contributed by atoms with E-state index in [0.717, 1.165) is 10.9 Å². The van der Waals surface area contributed by atoms with Gasteiger partial charge in [0.1, 0.15) is 5.52 Å². The standard InChI is InChI=1S/C11H10N2O2/c12-9-5-4-7-2-1-3-8(6-10(14)15)11(7)13-9/h1-5H,6H2,(H2,12,13)(H,14,15). The second kappa shape index (κ2) is 3.57. The van der Waals surface area contributed by atoms with Crippen molar-refractivity contribution in [3.63, 3.8) is 0 Å². The zero-order valence-electron chi connectivity index (χ0n) is 7.99. The molecule has 0 spiro atoms. The fourth-order valence-corrected chi connectivity index (χ4v) is 1.58. The molecule has 4 nitrogen and oxygen atoms in total.